The summed E-state index contributed by atoms with van der Waals surface area (Å²) in [5, 5.41) is 19.0. The number of anilines is 1. The van der Waals surface area contributed by atoms with Crippen molar-refractivity contribution in [3.05, 3.63) is 34.0 Å². The van der Waals surface area contributed by atoms with Crippen molar-refractivity contribution in [1.82, 2.24) is 25.1 Å². The number of nitriles is 1. The minimum atomic E-state index is -0.611. The predicted octanol–water partition coefficient (Wildman–Crippen LogP) is 5.44. The molecule has 2 aliphatic heterocycles. The number of aromatic amines is 1. The molecule has 1 aromatic carbocycles. The Morgan fingerprint density at radius 1 is 1.36 bits per heavy atom. The van der Waals surface area contributed by atoms with Crippen LogP contribution in [0, 0.1) is 18.3 Å². The van der Waals surface area contributed by atoms with Gasteiger partial charge in [0.15, 0.2) is 5.16 Å². The largest absolute Gasteiger partial charge is 0.469 e. The van der Waals surface area contributed by atoms with E-state index in [1.165, 1.54) is 11.8 Å². The zero-order valence-electron chi connectivity index (χ0n) is 22.7. The highest BCUT2D eigenvalue weighted by Crippen LogP contribution is 2.43. The molecule has 0 saturated carbocycles. The van der Waals surface area contributed by atoms with Gasteiger partial charge >= 0.3 is 6.09 Å². The summed E-state index contributed by atoms with van der Waals surface area (Å²) in [6, 6.07) is 3.90. The Balaban J connectivity index is 1.45. The summed E-state index contributed by atoms with van der Waals surface area (Å²) in [5.74, 6) is 1.33. The molecule has 0 radical (unpaired) electrons. The first-order valence-corrected chi connectivity index (χ1v) is 14.5. The lowest BCUT2D eigenvalue weighted by Gasteiger charge is -2.42. The number of H-pyrrole nitrogens is 1. The maximum atomic E-state index is 12.9. The fraction of sp³-hybridized carbons (Fsp3) is 0.519. The molecule has 0 bridgehead atoms. The molecule has 10 nitrogen and oxygen atoms in total. The third kappa shape index (κ3) is 5.45. The molecule has 1 unspecified atom stereocenters. The first-order valence-electron chi connectivity index (χ1n) is 12.9. The Bertz CT molecular complexity index is 1450. The summed E-state index contributed by atoms with van der Waals surface area (Å²) in [7, 11) is 0. The van der Waals surface area contributed by atoms with E-state index in [-0.39, 0.29) is 18.6 Å². The monoisotopic (exact) mass is 569 g/mol. The fourth-order valence-corrected chi connectivity index (χ4v) is 5.84. The third-order valence-corrected chi connectivity index (χ3v) is 8.03. The molecule has 0 aliphatic carbocycles. The summed E-state index contributed by atoms with van der Waals surface area (Å²) < 4.78 is 12.2. The molecule has 2 aromatic heterocycles. The number of hydrogen-bond donors (Lipinski definition) is 1. The van der Waals surface area contributed by atoms with Crippen LogP contribution in [0.2, 0.25) is 5.02 Å². The van der Waals surface area contributed by atoms with Crippen LogP contribution in [-0.2, 0) is 11.2 Å². The molecule has 0 spiro atoms. The number of amides is 1. The maximum absolute atomic E-state index is 12.9. The van der Waals surface area contributed by atoms with E-state index in [0.717, 1.165) is 33.4 Å². The van der Waals surface area contributed by atoms with Gasteiger partial charge in [-0.3, -0.25) is 5.10 Å². The molecule has 39 heavy (non-hydrogen) atoms. The number of carbonyl (C=O) groups is 1. The van der Waals surface area contributed by atoms with Gasteiger partial charge in [0.25, 0.3) is 0 Å². The molecular weight excluding hydrogens is 538 g/mol. The van der Waals surface area contributed by atoms with Crippen molar-refractivity contribution >= 4 is 46.2 Å². The average Bonchev–Trinajstić information content (AvgIpc) is 3.35. The van der Waals surface area contributed by atoms with Crippen LogP contribution in [-0.4, -0.2) is 68.7 Å². The van der Waals surface area contributed by atoms with Gasteiger partial charge in [-0.05, 0) is 58.4 Å². The van der Waals surface area contributed by atoms with Gasteiger partial charge in [0, 0.05) is 30.6 Å². The lowest BCUT2D eigenvalue weighted by molar-refractivity contribution is 0.0144. The van der Waals surface area contributed by atoms with E-state index in [4.69, 9.17) is 31.0 Å². The number of nitrogens with one attached hydrogen (secondary N) is 1. The van der Waals surface area contributed by atoms with Gasteiger partial charge in [-0.2, -0.15) is 15.3 Å². The van der Waals surface area contributed by atoms with Gasteiger partial charge in [0.2, 0.25) is 5.88 Å². The highest BCUT2D eigenvalue weighted by atomic mass is 35.5. The summed E-state index contributed by atoms with van der Waals surface area (Å²) in [4.78, 5) is 26.3. The minimum absolute atomic E-state index is 0.198. The van der Waals surface area contributed by atoms with Crippen LogP contribution in [0.5, 0.6) is 5.88 Å². The lowest BCUT2D eigenvalue weighted by atomic mass is 9.95. The molecule has 3 aromatic rings. The number of aromatic nitrogens is 4. The number of nitrogens with zero attached hydrogens (tertiary/aromatic N) is 6. The van der Waals surface area contributed by atoms with Gasteiger partial charge in [0.05, 0.1) is 40.8 Å². The Hall–Kier alpha value is -3.23. The van der Waals surface area contributed by atoms with Crippen LogP contribution < -0.4 is 9.64 Å². The molecule has 4 heterocycles. The Labute approximate surface area is 237 Å². The molecule has 1 N–H and O–H groups in total. The smallest absolute Gasteiger partial charge is 0.410 e. The molecule has 2 aliphatic rings. The maximum Gasteiger partial charge on any atom is 0.410 e. The SMILES string of the molecule is CSc1nc2c(c(N3CCN(C(=O)OC(C)(C)C)[C@@H](CC#N)C3)n1)CCC(c1c(Cl)c(C)cc3[nH]ncc13)O2. The third-order valence-electron chi connectivity index (χ3n) is 6.98. The van der Waals surface area contributed by atoms with Crippen molar-refractivity contribution in [3.8, 4) is 11.9 Å². The van der Waals surface area contributed by atoms with Crippen LogP contribution in [0.15, 0.2) is 17.4 Å². The quantitative estimate of drug-likeness (QED) is 0.323. The van der Waals surface area contributed by atoms with E-state index >= 15 is 0 Å². The summed E-state index contributed by atoms with van der Waals surface area (Å²) in [6.07, 6.45) is 4.63. The van der Waals surface area contributed by atoms with E-state index in [1.54, 1.807) is 11.1 Å². The van der Waals surface area contributed by atoms with E-state index in [0.29, 0.717) is 48.5 Å². The van der Waals surface area contributed by atoms with Crippen molar-refractivity contribution < 1.29 is 14.3 Å². The number of carbonyl (C=O) groups excluding carboxylic acids is 1. The predicted molar refractivity (Wildman–Crippen MR) is 151 cm³/mol. The molecule has 1 amide bonds. The number of benzene rings is 1. The summed E-state index contributed by atoms with van der Waals surface area (Å²) in [6.45, 7) is 8.94. The van der Waals surface area contributed by atoms with Gasteiger partial charge in [-0.15, -0.1) is 0 Å². The van der Waals surface area contributed by atoms with Crippen LogP contribution in [0.4, 0.5) is 10.6 Å². The number of aryl methyl sites for hydroxylation is 1. The minimum Gasteiger partial charge on any atom is -0.469 e. The number of fused-ring (bicyclic) bond motifs is 2. The molecule has 206 valence electrons. The Morgan fingerprint density at radius 2 is 2.15 bits per heavy atom. The average molecular weight is 570 g/mol. The van der Waals surface area contributed by atoms with E-state index in [1.807, 2.05) is 40.0 Å². The van der Waals surface area contributed by atoms with Crippen LogP contribution in [0.25, 0.3) is 10.9 Å². The number of hydrogen-bond acceptors (Lipinski definition) is 9. The standard InChI is InChI=1S/C27H32ClN7O3S/c1-15-12-19-18(13-30-33-19)21(22(15)28)20-7-6-17-23(31-25(39-5)32-24(17)37-20)34-10-11-35(16(14-34)8-9-29)26(36)38-27(2,3)4/h12-13,16,20H,6-8,10-11,14H2,1-5H3,(H,30,33)/t16-,20?/m0/s1. The van der Waals surface area contributed by atoms with Gasteiger partial charge in [-0.1, -0.05) is 23.4 Å². The second-order valence-corrected chi connectivity index (χ2v) is 12.0. The highest BCUT2D eigenvalue weighted by molar-refractivity contribution is 7.98. The van der Waals surface area contributed by atoms with Crippen molar-refractivity contribution in [2.75, 3.05) is 30.8 Å². The second kappa shape index (κ2) is 10.7. The molecule has 1 saturated heterocycles. The Kier molecular flexibility index (Phi) is 7.53. The lowest BCUT2D eigenvalue weighted by Crippen LogP contribution is -2.56. The fourth-order valence-electron chi connectivity index (χ4n) is 5.21. The number of rotatable bonds is 4. The van der Waals surface area contributed by atoms with Crippen LogP contribution in [0.1, 0.15) is 56.4 Å². The number of ether oxygens (including phenoxy) is 2. The number of halogens is 1. The summed E-state index contributed by atoms with van der Waals surface area (Å²) >= 11 is 8.23. The topological polar surface area (TPSA) is 120 Å². The van der Waals surface area contributed by atoms with Crippen molar-refractivity contribution in [2.45, 2.75) is 69.9 Å². The number of thioether (sulfide) groups is 1. The normalized spacial score (nSPS) is 19.4. The van der Waals surface area contributed by atoms with Crippen molar-refractivity contribution in [2.24, 2.45) is 0 Å². The van der Waals surface area contributed by atoms with Crippen molar-refractivity contribution in [3.63, 3.8) is 0 Å². The molecule has 1 fully saturated rings. The van der Waals surface area contributed by atoms with Gasteiger partial charge in [0.1, 0.15) is 17.5 Å². The molecule has 2 atom stereocenters. The van der Waals surface area contributed by atoms with Crippen LogP contribution in [0.3, 0.4) is 0 Å². The first kappa shape index (κ1) is 27.3. The van der Waals surface area contributed by atoms with E-state index in [9.17, 15) is 10.1 Å². The van der Waals surface area contributed by atoms with Crippen LogP contribution >= 0.6 is 23.4 Å². The molecule has 5 rings (SSSR count). The van der Waals surface area contributed by atoms with Gasteiger partial charge in [-0.25, -0.2) is 9.78 Å². The zero-order chi connectivity index (χ0) is 27.9. The van der Waals surface area contributed by atoms with E-state index in [2.05, 4.69) is 21.2 Å². The molecular formula is C27H32ClN7O3S. The highest BCUT2D eigenvalue weighted by Gasteiger charge is 2.37. The zero-order valence-corrected chi connectivity index (χ0v) is 24.3. The second-order valence-electron chi connectivity index (χ2n) is 10.9. The van der Waals surface area contributed by atoms with Gasteiger partial charge < -0.3 is 19.3 Å². The number of piperazine rings is 1. The first-order chi connectivity index (χ1) is 18.6. The van der Waals surface area contributed by atoms with Crippen molar-refractivity contribution in [1.29, 1.82) is 5.26 Å². The molecule has 12 heteroatoms. The summed E-state index contributed by atoms with van der Waals surface area (Å²) in [5.41, 5.74) is 3.11. The van der Waals surface area contributed by atoms with E-state index < -0.39 is 11.7 Å². The Morgan fingerprint density at radius 3 is 2.87 bits per heavy atom.